The van der Waals surface area contributed by atoms with E-state index in [1.165, 1.54) is 22.1 Å². The predicted molar refractivity (Wildman–Crippen MR) is 154 cm³/mol. The van der Waals surface area contributed by atoms with Crippen LogP contribution in [0.1, 0.15) is 46.6 Å². The summed E-state index contributed by atoms with van der Waals surface area (Å²) in [6.07, 6.45) is 3.99. The highest BCUT2D eigenvalue weighted by Gasteiger charge is 2.35. The van der Waals surface area contributed by atoms with Gasteiger partial charge in [-0.3, -0.25) is 4.79 Å². The van der Waals surface area contributed by atoms with Gasteiger partial charge in [0.2, 0.25) is 5.91 Å². The molecule has 1 aliphatic rings. The van der Waals surface area contributed by atoms with Gasteiger partial charge in [-0.1, -0.05) is 5.21 Å². The number of halogens is 1. The van der Waals surface area contributed by atoms with E-state index in [0.29, 0.717) is 36.1 Å². The second-order valence-electron chi connectivity index (χ2n) is 10.1. The standard InChI is InChI=1S/C28H30FN7O6S/c1-28(13-25(38)33-27-31-6-9-43-27)19-12-24(42-17-2-3-18(26(39)40)20(29)11-17)23(10-16(19)4-5-32-28)41-8-7-36-14-22(34-35-36)21(30)15-37/h2-3,6,9-12,14,21,32,37H,4-5,7-8,13,15,30H2,1H3,(H,39,40)(H,31,33,38)/t21?,28-/m1/s1. The smallest absolute Gasteiger partial charge is 0.338 e. The molecule has 1 aliphatic heterocycles. The number of nitrogens with zero attached hydrogens (tertiary/aromatic N) is 4. The Morgan fingerprint density at radius 2 is 2.14 bits per heavy atom. The van der Waals surface area contributed by atoms with Crippen LogP contribution in [0.2, 0.25) is 0 Å². The zero-order valence-electron chi connectivity index (χ0n) is 23.1. The maximum absolute atomic E-state index is 14.5. The summed E-state index contributed by atoms with van der Waals surface area (Å²) in [6, 6.07) is 6.42. The molecule has 1 unspecified atom stereocenters. The predicted octanol–water partition coefficient (Wildman–Crippen LogP) is 2.83. The number of carboxylic acid groups (broad SMARTS) is 1. The van der Waals surface area contributed by atoms with Gasteiger partial charge in [0, 0.05) is 36.1 Å². The lowest BCUT2D eigenvalue weighted by molar-refractivity contribution is -0.117. The van der Waals surface area contributed by atoms with Gasteiger partial charge in [-0.15, -0.1) is 16.4 Å². The van der Waals surface area contributed by atoms with Gasteiger partial charge in [0.1, 0.15) is 23.9 Å². The van der Waals surface area contributed by atoms with Crippen molar-refractivity contribution in [1.29, 1.82) is 0 Å². The van der Waals surface area contributed by atoms with E-state index in [0.717, 1.165) is 23.3 Å². The maximum Gasteiger partial charge on any atom is 0.338 e. The topological polar surface area (TPSA) is 187 Å². The Morgan fingerprint density at radius 1 is 1.30 bits per heavy atom. The number of aromatic carboxylic acids is 1. The minimum absolute atomic E-state index is 0.0678. The van der Waals surface area contributed by atoms with E-state index in [1.807, 2.05) is 13.0 Å². The molecule has 0 spiro atoms. The molecule has 2 aromatic heterocycles. The summed E-state index contributed by atoms with van der Waals surface area (Å²) in [5.74, 6) is -1.88. The molecule has 0 radical (unpaired) electrons. The summed E-state index contributed by atoms with van der Waals surface area (Å²) >= 11 is 1.32. The monoisotopic (exact) mass is 611 g/mol. The van der Waals surface area contributed by atoms with Crippen LogP contribution >= 0.6 is 11.3 Å². The van der Waals surface area contributed by atoms with Gasteiger partial charge in [0.15, 0.2) is 16.6 Å². The van der Waals surface area contributed by atoms with Crippen LogP contribution in [0.4, 0.5) is 9.52 Å². The summed E-state index contributed by atoms with van der Waals surface area (Å²) in [7, 11) is 0. The van der Waals surface area contributed by atoms with Crippen molar-refractivity contribution in [3.05, 3.63) is 76.3 Å². The van der Waals surface area contributed by atoms with Crippen LogP contribution in [0.15, 0.2) is 48.1 Å². The first-order chi connectivity index (χ1) is 20.6. The number of hydrogen-bond acceptors (Lipinski definition) is 11. The number of fused-ring (bicyclic) bond motifs is 1. The number of rotatable bonds is 12. The third-order valence-corrected chi connectivity index (χ3v) is 7.66. The number of anilines is 1. The SMILES string of the molecule is C[C@]1(CC(=O)Nc2nccs2)NCCc2cc(OCCn3cc(C(N)CO)nn3)c(Oc3ccc(C(=O)O)c(F)c3)cc21. The van der Waals surface area contributed by atoms with E-state index in [1.54, 1.807) is 23.8 Å². The lowest BCUT2D eigenvalue weighted by Crippen LogP contribution is -2.47. The Bertz CT molecular complexity index is 1620. The summed E-state index contributed by atoms with van der Waals surface area (Å²) < 4.78 is 28.2. The van der Waals surface area contributed by atoms with E-state index in [2.05, 4.69) is 25.9 Å². The summed E-state index contributed by atoms with van der Waals surface area (Å²) in [4.78, 5) is 28.3. The second-order valence-corrected chi connectivity index (χ2v) is 11.0. The first-order valence-electron chi connectivity index (χ1n) is 13.4. The minimum atomic E-state index is -1.39. The number of hydrogen-bond donors (Lipinski definition) is 5. The van der Waals surface area contributed by atoms with E-state index in [9.17, 15) is 24.2 Å². The fraction of sp³-hybridized carbons (Fsp3) is 0.321. The van der Waals surface area contributed by atoms with Crippen LogP contribution in [0.25, 0.3) is 0 Å². The molecule has 0 saturated heterocycles. The van der Waals surface area contributed by atoms with Crippen LogP contribution in [-0.4, -0.2) is 61.8 Å². The molecule has 4 aromatic rings. The zero-order chi connectivity index (χ0) is 30.6. The zero-order valence-corrected chi connectivity index (χ0v) is 23.9. The molecule has 13 nitrogen and oxygen atoms in total. The average molecular weight is 612 g/mol. The summed E-state index contributed by atoms with van der Waals surface area (Å²) in [5, 5.41) is 34.9. The van der Waals surface area contributed by atoms with Crippen molar-refractivity contribution in [1.82, 2.24) is 25.3 Å². The number of nitrogens with two attached hydrogens (primary N) is 1. The Morgan fingerprint density at radius 3 is 2.86 bits per heavy atom. The van der Waals surface area contributed by atoms with Crippen LogP contribution in [-0.2, 0) is 23.3 Å². The highest BCUT2D eigenvalue weighted by atomic mass is 32.1. The number of thiazole rings is 1. The maximum atomic E-state index is 14.5. The lowest BCUT2D eigenvalue weighted by Gasteiger charge is -2.37. The molecule has 0 saturated carbocycles. The highest BCUT2D eigenvalue weighted by Crippen LogP contribution is 2.41. The van der Waals surface area contributed by atoms with Crippen molar-refractivity contribution in [2.75, 3.05) is 25.1 Å². The van der Waals surface area contributed by atoms with Gasteiger partial charge in [-0.05, 0) is 48.7 Å². The number of amides is 1. The second kappa shape index (κ2) is 12.8. The number of carbonyl (C=O) groups is 2. The molecule has 3 heterocycles. The average Bonchev–Trinajstić information content (AvgIpc) is 3.65. The molecule has 1 amide bonds. The van der Waals surface area contributed by atoms with Crippen molar-refractivity contribution in [3.8, 4) is 17.2 Å². The molecular formula is C28H30FN7O6S. The molecular weight excluding hydrogens is 581 g/mol. The number of nitrogens with one attached hydrogen (secondary N) is 2. The van der Waals surface area contributed by atoms with E-state index >= 15 is 0 Å². The van der Waals surface area contributed by atoms with Gasteiger partial charge in [0.25, 0.3) is 0 Å². The number of carboxylic acids is 1. The van der Waals surface area contributed by atoms with Crippen LogP contribution in [0.5, 0.6) is 17.2 Å². The quantitative estimate of drug-likeness (QED) is 0.159. The fourth-order valence-electron chi connectivity index (χ4n) is 4.81. The molecule has 5 rings (SSSR count). The molecule has 226 valence electrons. The summed E-state index contributed by atoms with van der Waals surface area (Å²) in [5.41, 5.74) is 6.73. The Kier molecular flexibility index (Phi) is 8.96. The highest BCUT2D eigenvalue weighted by molar-refractivity contribution is 7.13. The molecule has 15 heteroatoms. The molecule has 6 N–H and O–H groups in total. The first-order valence-corrected chi connectivity index (χ1v) is 14.2. The molecule has 0 fully saturated rings. The largest absolute Gasteiger partial charge is 0.488 e. The van der Waals surface area contributed by atoms with Crippen LogP contribution in [0, 0.1) is 5.82 Å². The Labute approximate surface area is 249 Å². The minimum Gasteiger partial charge on any atom is -0.488 e. The van der Waals surface area contributed by atoms with Crippen molar-refractivity contribution in [2.24, 2.45) is 5.73 Å². The first kappa shape index (κ1) is 30.0. The molecule has 2 aromatic carbocycles. The molecule has 0 aliphatic carbocycles. The Hall–Kier alpha value is -4.44. The number of aliphatic hydroxyl groups excluding tert-OH is 1. The van der Waals surface area contributed by atoms with Gasteiger partial charge >= 0.3 is 5.97 Å². The van der Waals surface area contributed by atoms with Crippen molar-refractivity contribution < 1.29 is 33.7 Å². The van der Waals surface area contributed by atoms with Crippen LogP contribution in [0.3, 0.4) is 0 Å². The van der Waals surface area contributed by atoms with Crippen molar-refractivity contribution in [2.45, 2.75) is 37.9 Å². The number of aromatic nitrogens is 4. The third-order valence-electron chi connectivity index (χ3n) is 6.98. The Balaban J connectivity index is 1.42. The van der Waals surface area contributed by atoms with Gasteiger partial charge in [0.05, 0.1) is 31.0 Å². The van der Waals surface area contributed by atoms with E-state index < -0.39 is 28.9 Å². The van der Waals surface area contributed by atoms with Gasteiger partial charge in [-0.2, -0.15) is 0 Å². The number of carbonyl (C=O) groups excluding carboxylic acids is 1. The number of aliphatic hydroxyl groups is 1. The number of benzene rings is 2. The van der Waals surface area contributed by atoms with E-state index in [-0.39, 0.29) is 37.0 Å². The van der Waals surface area contributed by atoms with Crippen molar-refractivity contribution in [3.63, 3.8) is 0 Å². The van der Waals surface area contributed by atoms with Gasteiger partial charge in [-0.25, -0.2) is 18.9 Å². The van der Waals surface area contributed by atoms with Crippen molar-refractivity contribution >= 4 is 28.3 Å². The lowest BCUT2D eigenvalue weighted by atomic mass is 9.81. The fourth-order valence-corrected chi connectivity index (χ4v) is 5.35. The number of ether oxygens (including phenoxy) is 2. The molecule has 43 heavy (non-hydrogen) atoms. The van der Waals surface area contributed by atoms with E-state index in [4.69, 9.17) is 15.2 Å². The molecule has 0 bridgehead atoms. The van der Waals surface area contributed by atoms with Crippen LogP contribution < -0.4 is 25.8 Å². The summed E-state index contributed by atoms with van der Waals surface area (Å²) in [6.45, 7) is 2.73. The van der Waals surface area contributed by atoms with Gasteiger partial charge < -0.3 is 36.1 Å². The molecule has 2 atom stereocenters. The third kappa shape index (κ3) is 6.97. The normalized spacial score (nSPS) is 16.7.